The first-order chi connectivity index (χ1) is 3.41. The predicted molar refractivity (Wildman–Crippen MR) is 21.6 cm³/mol. The normalized spacial score (nSPS) is 3.71. The van der Waals surface area contributed by atoms with E-state index in [9.17, 15) is 0 Å². The summed E-state index contributed by atoms with van der Waals surface area (Å²) in [5.41, 5.74) is 0. The van der Waals surface area contributed by atoms with Crippen LogP contribution in [0.1, 0.15) is 0 Å². The van der Waals surface area contributed by atoms with Gasteiger partial charge >= 0.3 is 35.0 Å². The molecule has 0 saturated carbocycles. The number of rotatable bonds is 0. The Labute approximate surface area is 58.7 Å². The second-order valence-corrected chi connectivity index (χ2v) is 2.41. The molecule has 0 aliphatic rings. The third kappa shape index (κ3) is 2240. The number of nitrogens with zero attached hydrogens (tertiary/aromatic N) is 2. The van der Waals surface area contributed by atoms with Gasteiger partial charge in [-0.1, -0.05) is 0 Å². The monoisotopic (exact) mass is 228 g/mol. The fourth-order valence-electron chi connectivity index (χ4n) is 0. The minimum atomic E-state index is -0.106. The topological polar surface area (TPSA) is 47.6 Å². The van der Waals surface area contributed by atoms with Gasteiger partial charge in [-0.15, -0.1) is 0 Å². The van der Waals surface area contributed by atoms with Crippen molar-refractivity contribution in [1.29, 1.82) is 10.5 Å². The second kappa shape index (κ2) is 114. The van der Waals surface area contributed by atoms with E-state index in [1.807, 2.05) is 0 Å². The molecule has 0 rings (SSSR count). The Bertz CT molecular complexity index is 37.4. The Hall–Kier alpha value is 0.222. The van der Waals surface area contributed by atoms with Crippen molar-refractivity contribution in [1.82, 2.24) is 0 Å². The molecule has 0 aromatic carbocycles. The van der Waals surface area contributed by atoms with Crippen LogP contribution in [0.4, 0.5) is 0 Å². The Balaban J connectivity index is -0.0000000360. The third-order valence-corrected chi connectivity index (χ3v) is 0. The van der Waals surface area contributed by atoms with Gasteiger partial charge in [-0.2, -0.15) is 0 Å². The third-order valence-electron chi connectivity index (χ3n) is 0. The van der Waals surface area contributed by atoms with Crippen LogP contribution < -0.4 is 0 Å². The molecule has 0 heterocycles. The second-order valence-electron chi connectivity index (χ2n) is 0.0452. The summed E-state index contributed by atoms with van der Waals surface area (Å²) >= 11 is -0.106. The zero-order chi connectivity index (χ0) is 6.71. The van der Waals surface area contributed by atoms with Crippen LogP contribution in [0.5, 0.6) is 0 Å². The summed E-state index contributed by atoms with van der Waals surface area (Å²) in [7, 11) is 9.63. The van der Waals surface area contributed by atoms with Crippen molar-refractivity contribution in [3.8, 4) is 0 Å². The van der Waals surface area contributed by atoms with Crippen LogP contribution in [0.2, 0.25) is 0 Å². The molecule has 0 atom stereocenters. The molecular formula is C2Cl2N2Pd-2. The minimum absolute atomic E-state index is 0.106. The fraction of sp³-hybridized carbons (Fsp3) is 0. The predicted octanol–water partition coefficient (Wildman–Crippen LogP) is 1.57. The van der Waals surface area contributed by atoms with Gasteiger partial charge < -0.3 is 23.7 Å². The number of hydrogen-bond acceptors (Lipinski definition) is 2. The van der Waals surface area contributed by atoms with E-state index in [0.717, 1.165) is 0 Å². The Morgan fingerprint density at radius 2 is 1.00 bits per heavy atom. The first kappa shape index (κ1) is 15.7. The summed E-state index contributed by atoms with van der Waals surface area (Å²) < 4.78 is 0. The van der Waals surface area contributed by atoms with Crippen LogP contribution in [-0.2, 0) is 15.9 Å². The van der Waals surface area contributed by atoms with Crippen LogP contribution in [-0.4, -0.2) is 0 Å². The first-order valence-corrected chi connectivity index (χ1v) is 4.69. The van der Waals surface area contributed by atoms with Gasteiger partial charge in [0.05, 0.1) is 0 Å². The Morgan fingerprint density at radius 3 is 1.00 bits per heavy atom. The molecule has 44 valence electrons. The molecule has 5 heteroatoms. The molecule has 0 N–H and O–H groups in total. The molecule has 0 amide bonds. The van der Waals surface area contributed by atoms with Gasteiger partial charge in [0.15, 0.2) is 0 Å². The van der Waals surface area contributed by atoms with Crippen molar-refractivity contribution in [2.75, 3.05) is 0 Å². The molecule has 0 unspecified atom stereocenters. The zero-order valence-electron chi connectivity index (χ0n) is 2.97. The van der Waals surface area contributed by atoms with Crippen LogP contribution in [0.15, 0.2) is 0 Å². The molecule has 0 saturated heterocycles. The van der Waals surface area contributed by atoms with E-state index in [0.29, 0.717) is 0 Å². The van der Waals surface area contributed by atoms with E-state index in [-0.39, 0.29) is 15.9 Å². The summed E-state index contributed by atoms with van der Waals surface area (Å²) in [5.74, 6) is 0. The van der Waals surface area contributed by atoms with Crippen molar-refractivity contribution in [2.24, 2.45) is 0 Å². The van der Waals surface area contributed by atoms with Crippen molar-refractivity contribution >= 4 is 19.1 Å². The van der Waals surface area contributed by atoms with E-state index in [4.69, 9.17) is 42.7 Å². The van der Waals surface area contributed by atoms with E-state index in [1.165, 1.54) is 0 Å². The summed E-state index contributed by atoms with van der Waals surface area (Å²) in [6, 6.07) is 0. The molecule has 0 spiro atoms. The maximum absolute atomic E-state index is 6.25. The Kier molecular flexibility index (Phi) is 254. The molecule has 0 aliphatic heterocycles. The average molecular weight is 229 g/mol. The van der Waals surface area contributed by atoms with Gasteiger partial charge in [-0.05, 0) is 0 Å². The summed E-state index contributed by atoms with van der Waals surface area (Å²) in [4.78, 5) is 0. The number of hydrogen-bond donors (Lipinski definition) is 0. The van der Waals surface area contributed by atoms with Gasteiger partial charge in [0, 0.05) is 0 Å². The van der Waals surface area contributed by atoms with Crippen molar-refractivity contribution < 1.29 is 15.9 Å². The Morgan fingerprint density at radius 1 is 1.00 bits per heavy atom. The van der Waals surface area contributed by atoms with Gasteiger partial charge in [0.1, 0.15) is 0 Å². The molecule has 0 fully saturated rings. The molecule has 2 nitrogen and oxygen atoms in total. The molecule has 0 aromatic rings. The van der Waals surface area contributed by atoms with E-state index >= 15 is 0 Å². The molecule has 7 heavy (non-hydrogen) atoms. The van der Waals surface area contributed by atoms with Gasteiger partial charge in [0.25, 0.3) is 0 Å². The van der Waals surface area contributed by atoms with Crippen LogP contribution in [0, 0.1) is 23.7 Å². The van der Waals surface area contributed by atoms with Crippen molar-refractivity contribution in [3.63, 3.8) is 0 Å². The molecule has 0 aromatic heterocycles. The average Bonchev–Trinajstić information content (AvgIpc) is 1.78. The van der Waals surface area contributed by atoms with Crippen LogP contribution >= 0.6 is 19.1 Å². The van der Waals surface area contributed by atoms with Crippen LogP contribution in [0.25, 0.3) is 0 Å². The molecule has 0 radical (unpaired) electrons. The zero-order valence-corrected chi connectivity index (χ0v) is 6.03. The first-order valence-electron chi connectivity index (χ1n) is 0.686. The van der Waals surface area contributed by atoms with Crippen molar-refractivity contribution in [3.05, 3.63) is 13.1 Å². The SMILES string of the molecule is [C-]#N.[C-]#N.[Cl][Pd][Cl]. The summed E-state index contributed by atoms with van der Waals surface area (Å²) in [6.45, 7) is 9.50. The summed E-state index contributed by atoms with van der Waals surface area (Å²) in [5, 5.41) is 12.5. The van der Waals surface area contributed by atoms with E-state index in [1.54, 1.807) is 0 Å². The molecule has 0 aliphatic carbocycles. The molecule has 0 bridgehead atoms. The van der Waals surface area contributed by atoms with E-state index < -0.39 is 0 Å². The maximum atomic E-state index is 6.25. The van der Waals surface area contributed by atoms with E-state index in [2.05, 4.69) is 0 Å². The molecular weight excluding hydrogens is 229 g/mol. The quantitative estimate of drug-likeness (QED) is 0.467. The number of halogens is 2. The van der Waals surface area contributed by atoms with Gasteiger partial charge in [-0.25, -0.2) is 0 Å². The van der Waals surface area contributed by atoms with Gasteiger partial charge in [0.2, 0.25) is 0 Å². The summed E-state index contributed by atoms with van der Waals surface area (Å²) in [6.07, 6.45) is 0. The standard InChI is InChI=1S/2CN.2ClH.Pd/c2*1-2;;;/h;;2*1H;/q2*-1;;;+2/p-2. The fourth-order valence-corrected chi connectivity index (χ4v) is 0. The van der Waals surface area contributed by atoms with Crippen LogP contribution in [0.3, 0.4) is 0 Å². The van der Waals surface area contributed by atoms with Crippen molar-refractivity contribution in [2.45, 2.75) is 0 Å². The van der Waals surface area contributed by atoms with Gasteiger partial charge in [-0.3, -0.25) is 0 Å².